The molecular formula is C23H28N4O2. The van der Waals surface area contributed by atoms with Crippen LogP contribution < -0.4 is 10.9 Å². The third kappa shape index (κ3) is 3.29. The number of nitrogens with one attached hydrogen (secondary N) is 1. The summed E-state index contributed by atoms with van der Waals surface area (Å²) < 4.78 is 1.86. The van der Waals surface area contributed by atoms with Crippen LogP contribution in [0.5, 0.6) is 0 Å². The van der Waals surface area contributed by atoms with Crippen molar-refractivity contribution in [3.05, 3.63) is 40.9 Å². The molecule has 0 spiro atoms. The van der Waals surface area contributed by atoms with Gasteiger partial charge in [0.15, 0.2) is 0 Å². The van der Waals surface area contributed by atoms with Gasteiger partial charge >= 0.3 is 0 Å². The van der Waals surface area contributed by atoms with Gasteiger partial charge in [-0.3, -0.25) is 9.36 Å². The largest absolute Gasteiger partial charge is 0.390 e. The Morgan fingerprint density at radius 1 is 1.14 bits per heavy atom. The van der Waals surface area contributed by atoms with E-state index in [-0.39, 0.29) is 11.6 Å². The summed E-state index contributed by atoms with van der Waals surface area (Å²) >= 11 is 0. The Hall–Kier alpha value is -2.47. The van der Waals surface area contributed by atoms with E-state index in [4.69, 9.17) is 0 Å². The van der Waals surface area contributed by atoms with Crippen LogP contribution in [0, 0.1) is 5.92 Å². The van der Waals surface area contributed by atoms with Crippen molar-refractivity contribution in [3.63, 3.8) is 0 Å². The Bertz CT molecular complexity index is 1110. The second-order valence-electron chi connectivity index (χ2n) is 9.05. The highest BCUT2D eigenvalue weighted by Gasteiger charge is 2.31. The molecular weight excluding hydrogens is 364 g/mol. The van der Waals surface area contributed by atoms with E-state index in [2.05, 4.69) is 15.3 Å². The van der Waals surface area contributed by atoms with Crippen molar-refractivity contribution in [2.75, 3.05) is 11.9 Å². The van der Waals surface area contributed by atoms with Crippen LogP contribution in [0.1, 0.15) is 57.9 Å². The highest BCUT2D eigenvalue weighted by Crippen LogP contribution is 2.37. The molecule has 0 unspecified atom stereocenters. The minimum Gasteiger partial charge on any atom is -0.390 e. The molecule has 5 rings (SSSR count). The zero-order valence-corrected chi connectivity index (χ0v) is 16.9. The molecule has 2 saturated carbocycles. The molecule has 6 heteroatoms. The van der Waals surface area contributed by atoms with Gasteiger partial charge < -0.3 is 10.4 Å². The Kier molecular flexibility index (Phi) is 4.54. The summed E-state index contributed by atoms with van der Waals surface area (Å²) in [5.41, 5.74) is 0.0617. The van der Waals surface area contributed by atoms with Gasteiger partial charge in [-0.05, 0) is 57.4 Å². The predicted molar refractivity (Wildman–Crippen MR) is 115 cm³/mol. The highest BCUT2D eigenvalue weighted by molar-refractivity contribution is 6.09. The minimum absolute atomic E-state index is 0.00304. The summed E-state index contributed by atoms with van der Waals surface area (Å²) in [6.07, 6.45) is 8.34. The molecule has 6 nitrogen and oxygen atoms in total. The first-order valence-corrected chi connectivity index (χ1v) is 10.8. The van der Waals surface area contributed by atoms with Gasteiger partial charge in [0, 0.05) is 23.4 Å². The van der Waals surface area contributed by atoms with Crippen LogP contribution in [0.2, 0.25) is 0 Å². The quantitative estimate of drug-likeness (QED) is 0.656. The van der Waals surface area contributed by atoms with Gasteiger partial charge in [0.25, 0.3) is 5.56 Å². The van der Waals surface area contributed by atoms with Crippen LogP contribution in [0.3, 0.4) is 0 Å². The van der Waals surface area contributed by atoms with Crippen LogP contribution in [0.25, 0.3) is 21.8 Å². The second-order valence-corrected chi connectivity index (χ2v) is 9.05. The van der Waals surface area contributed by atoms with Crippen LogP contribution in [0.4, 0.5) is 5.82 Å². The van der Waals surface area contributed by atoms with Crippen LogP contribution in [-0.2, 0) is 0 Å². The molecule has 29 heavy (non-hydrogen) atoms. The van der Waals surface area contributed by atoms with Crippen molar-refractivity contribution >= 4 is 27.6 Å². The fourth-order valence-electron chi connectivity index (χ4n) is 4.81. The number of fused-ring (bicyclic) bond motifs is 3. The molecule has 0 amide bonds. The average molecular weight is 393 g/mol. The SMILES string of the molecule is CC1(O)CCC(n2c(=O)c3ccccc3c3c(NCC4CCC4)ncnc32)CC1. The Morgan fingerprint density at radius 3 is 2.55 bits per heavy atom. The molecule has 152 valence electrons. The lowest BCUT2D eigenvalue weighted by atomic mass is 9.83. The topological polar surface area (TPSA) is 80.0 Å². The molecule has 2 aromatic heterocycles. The average Bonchev–Trinajstić information content (AvgIpc) is 2.68. The predicted octanol–water partition coefficient (Wildman–Crippen LogP) is 4.02. The lowest BCUT2D eigenvalue weighted by molar-refractivity contribution is 0.0100. The minimum atomic E-state index is -0.642. The summed E-state index contributed by atoms with van der Waals surface area (Å²) in [5, 5.41) is 16.4. The molecule has 1 aromatic carbocycles. The van der Waals surface area contributed by atoms with E-state index in [1.165, 1.54) is 19.3 Å². The van der Waals surface area contributed by atoms with E-state index in [9.17, 15) is 9.90 Å². The molecule has 0 radical (unpaired) electrons. The van der Waals surface area contributed by atoms with E-state index in [0.29, 0.717) is 29.8 Å². The van der Waals surface area contributed by atoms with Gasteiger partial charge in [-0.25, -0.2) is 9.97 Å². The van der Waals surface area contributed by atoms with E-state index < -0.39 is 5.60 Å². The number of rotatable bonds is 4. The van der Waals surface area contributed by atoms with Crippen molar-refractivity contribution < 1.29 is 5.11 Å². The number of hydrogen-bond donors (Lipinski definition) is 2. The zero-order valence-electron chi connectivity index (χ0n) is 16.9. The van der Waals surface area contributed by atoms with E-state index in [1.54, 1.807) is 6.33 Å². The molecule has 0 atom stereocenters. The molecule has 0 bridgehead atoms. The first kappa shape index (κ1) is 18.6. The molecule has 3 aromatic rings. The number of nitrogens with zero attached hydrogens (tertiary/aromatic N) is 3. The Balaban J connectivity index is 1.67. The fourth-order valence-corrected chi connectivity index (χ4v) is 4.81. The molecule has 2 heterocycles. The van der Waals surface area contributed by atoms with Crippen molar-refractivity contribution in [2.45, 2.75) is 63.5 Å². The second kappa shape index (κ2) is 7.10. The molecule has 2 aliphatic carbocycles. The van der Waals surface area contributed by atoms with Crippen LogP contribution >= 0.6 is 0 Å². The van der Waals surface area contributed by atoms with Crippen molar-refractivity contribution in [3.8, 4) is 0 Å². The monoisotopic (exact) mass is 392 g/mol. The van der Waals surface area contributed by atoms with Crippen molar-refractivity contribution in [1.82, 2.24) is 14.5 Å². The number of benzene rings is 1. The first-order valence-electron chi connectivity index (χ1n) is 10.8. The third-order valence-corrected chi connectivity index (χ3v) is 6.88. The molecule has 2 N–H and O–H groups in total. The normalized spacial score (nSPS) is 25.2. The fraction of sp³-hybridized carbons (Fsp3) is 0.522. The van der Waals surface area contributed by atoms with Crippen LogP contribution in [-0.4, -0.2) is 31.8 Å². The lowest BCUT2D eigenvalue weighted by Gasteiger charge is -2.34. The van der Waals surface area contributed by atoms with Crippen LogP contribution in [0.15, 0.2) is 35.4 Å². The van der Waals surface area contributed by atoms with Gasteiger partial charge in [0.1, 0.15) is 17.8 Å². The number of anilines is 1. The van der Waals surface area contributed by atoms with Gasteiger partial charge in [0.05, 0.1) is 11.0 Å². The first-order chi connectivity index (χ1) is 14.0. The molecule has 2 aliphatic rings. The lowest BCUT2D eigenvalue weighted by Crippen LogP contribution is -2.35. The summed E-state index contributed by atoms with van der Waals surface area (Å²) in [4.78, 5) is 22.6. The van der Waals surface area contributed by atoms with Gasteiger partial charge in [-0.2, -0.15) is 0 Å². The van der Waals surface area contributed by atoms with Gasteiger partial charge in [0.2, 0.25) is 0 Å². The Morgan fingerprint density at radius 2 is 1.86 bits per heavy atom. The van der Waals surface area contributed by atoms with Crippen molar-refractivity contribution in [1.29, 1.82) is 0 Å². The molecule has 2 fully saturated rings. The van der Waals surface area contributed by atoms with Gasteiger partial charge in [-0.1, -0.05) is 24.6 Å². The summed E-state index contributed by atoms with van der Waals surface area (Å²) in [7, 11) is 0. The summed E-state index contributed by atoms with van der Waals surface area (Å²) in [6, 6.07) is 7.81. The maximum atomic E-state index is 13.5. The molecule has 0 aliphatic heterocycles. The Labute approximate surface area is 170 Å². The number of hydrogen-bond acceptors (Lipinski definition) is 5. The van der Waals surface area contributed by atoms with E-state index in [1.807, 2.05) is 35.8 Å². The zero-order chi connectivity index (χ0) is 20.0. The maximum absolute atomic E-state index is 13.5. The van der Waals surface area contributed by atoms with E-state index >= 15 is 0 Å². The molecule has 0 saturated heterocycles. The smallest absolute Gasteiger partial charge is 0.260 e. The number of pyridine rings is 1. The van der Waals surface area contributed by atoms with Crippen molar-refractivity contribution in [2.24, 2.45) is 5.92 Å². The van der Waals surface area contributed by atoms with Gasteiger partial charge in [-0.15, -0.1) is 0 Å². The third-order valence-electron chi connectivity index (χ3n) is 6.88. The maximum Gasteiger partial charge on any atom is 0.260 e. The number of aliphatic hydroxyl groups is 1. The standard InChI is InChI=1S/C23H28N4O2/c1-23(29)11-9-16(10-12-23)27-21-19(17-7-2-3-8-18(17)22(27)28)20(25-14-26-21)24-13-15-5-4-6-15/h2-3,7-8,14-16,29H,4-6,9-13H2,1H3,(H,24,25,26). The number of aromatic nitrogens is 3. The highest BCUT2D eigenvalue weighted by atomic mass is 16.3. The summed E-state index contributed by atoms with van der Waals surface area (Å²) in [5.74, 6) is 1.52. The summed E-state index contributed by atoms with van der Waals surface area (Å²) in [6.45, 7) is 2.79. The van der Waals surface area contributed by atoms with E-state index in [0.717, 1.165) is 36.0 Å².